The van der Waals surface area contributed by atoms with Crippen LogP contribution in [0, 0.1) is 12.8 Å². The topological polar surface area (TPSA) is 75.2 Å². The van der Waals surface area contributed by atoms with Crippen LogP contribution in [0.25, 0.3) is 0 Å². The molecule has 22 heavy (non-hydrogen) atoms. The summed E-state index contributed by atoms with van der Waals surface area (Å²) in [7, 11) is 0. The second-order valence-electron chi connectivity index (χ2n) is 6.69. The van der Waals surface area contributed by atoms with Gasteiger partial charge in [-0.1, -0.05) is 0 Å². The van der Waals surface area contributed by atoms with Crippen LogP contribution in [0.2, 0.25) is 0 Å². The molecule has 1 aromatic rings. The Labute approximate surface area is 129 Å². The Bertz CT molecular complexity index is 626. The van der Waals surface area contributed by atoms with Gasteiger partial charge in [-0.3, -0.25) is 9.59 Å². The first-order chi connectivity index (χ1) is 10.6. The molecule has 3 fully saturated rings. The standard InChI is InChI=1S/C16H20N4O2/c1-10-17-8-11(9-18-10)14(21)20-6-5-12-7-16(12,20)15(22)19-13-3-2-4-13/h8-9,12-13H,2-7H2,1H3,(H,19,22). The van der Waals surface area contributed by atoms with Crippen LogP contribution in [0.15, 0.2) is 12.4 Å². The Hall–Kier alpha value is -1.98. The Kier molecular flexibility index (Phi) is 2.96. The number of aromatic nitrogens is 2. The van der Waals surface area contributed by atoms with Crippen molar-refractivity contribution in [2.45, 2.75) is 50.6 Å². The van der Waals surface area contributed by atoms with E-state index in [1.165, 1.54) is 6.42 Å². The molecule has 0 bridgehead atoms. The first kappa shape index (κ1) is 13.7. The van der Waals surface area contributed by atoms with E-state index < -0.39 is 5.54 Å². The second kappa shape index (κ2) is 4.76. The summed E-state index contributed by atoms with van der Waals surface area (Å²) in [6, 6.07) is 0.309. The molecule has 1 aliphatic heterocycles. The fourth-order valence-corrected chi connectivity index (χ4v) is 3.68. The normalized spacial score (nSPS) is 29.7. The minimum atomic E-state index is -0.600. The van der Waals surface area contributed by atoms with E-state index in [-0.39, 0.29) is 11.8 Å². The molecule has 6 nitrogen and oxygen atoms in total. The van der Waals surface area contributed by atoms with E-state index in [0.29, 0.717) is 29.9 Å². The molecule has 2 aliphatic carbocycles. The average Bonchev–Trinajstić information content (AvgIpc) is 3.09. The summed E-state index contributed by atoms with van der Waals surface area (Å²) >= 11 is 0. The van der Waals surface area contributed by atoms with Crippen molar-refractivity contribution >= 4 is 11.8 Å². The van der Waals surface area contributed by atoms with Gasteiger partial charge in [-0.05, 0) is 44.9 Å². The predicted molar refractivity (Wildman–Crippen MR) is 79.0 cm³/mol. The lowest BCUT2D eigenvalue weighted by Crippen LogP contribution is -2.53. The maximum Gasteiger partial charge on any atom is 0.257 e. The van der Waals surface area contributed by atoms with Crippen molar-refractivity contribution in [1.29, 1.82) is 0 Å². The van der Waals surface area contributed by atoms with E-state index >= 15 is 0 Å². The average molecular weight is 300 g/mol. The Morgan fingerprint density at radius 2 is 2.00 bits per heavy atom. The van der Waals surface area contributed by atoms with Crippen molar-refractivity contribution in [3.8, 4) is 0 Å². The van der Waals surface area contributed by atoms with Gasteiger partial charge in [0.25, 0.3) is 5.91 Å². The Morgan fingerprint density at radius 1 is 1.27 bits per heavy atom. The fraction of sp³-hybridized carbons (Fsp3) is 0.625. The zero-order chi connectivity index (χ0) is 15.3. The van der Waals surface area contributed by atoms with Crippen LogP contribution in [0.4, 0.5) is 0 Å². The molecule has 2 unspecified atom stereocenters. The molecule has 2 heterocycles. The Morgan fingerprint density at radius 3 is 2.59 bits per heavy atom. The summed E-state index contributed by atoms with van der Waals surface area (Å²) in [6.45, 7) is 2.43. The van der Waals surface area contributed by atoms with Crippen LogP contribution in [-0.4, -0.2) is 44.8 Å². The summed E-state index contributed by atoms with van der Waals surface area (Å²) in [4.78, 5) is 35.3. The highest BCUT2D eigenvalue weighted by atomic mass is 16.2. The lowest BCUT2D eigenvalue weighted by molar-refractivity contribution is -0.128. The molecule has 1 N–H and O–H groups in total. The predicted octanol–water partition coefficient (Wildman–Crippen LogP) is 1.06. The van der Waals surface area contributed by atoms with Gasteiger partial charge < -0.3 is 10.2 Å². The van der Waals surface area contributed by atoms with Crippen LogP contribution in [-0.2, 0) is 4.79 Å². The maximum atomic E-state index is 12.7. The van der Waals surface area contributed by atoms with Gasteiger partial charge in [-0.25, -0.2) is 9.97 Å². The molecule has 1 saturated heterocycles. The van der Waals surface area contributed by atoms with Gasteiger partial charge in [0.2, 0.25) is 5.91 Å². The summed E-state index contributed by atoms with van der Waals surface area (Å²) < 4.78 is 0. The smallest absolute Gasteiger partial charge is 0.257 e. The molecule has 0 aromatic carbocycles. The molecule has 4 rings (SSSR count). The van der Waals surface area contributed by atoms with Gasteiger partial charge in [-0.15, -0.1) is 0 Å². The van der Waals surface area contributed by atoms with Crippen molar-refractivity contribution < 1.29 is 9.59 Å². The summed E-state index contributed by atoms with van der Waals surface area (Å²) in [5.74, 6) is 0.882. The number of carbonyl (C=O) groups excluding carboxylic acids is 2. The van der Waals surface area contributed by atoms with Crippen LogP contribution >= 0.6 is 0 Å². The van der Waals surface area contributed by atoms with E-state index in [4.69, 9.17) is 0 Å². The van der Waals surface area contributed by atoms with Crippen LogP contribution in [0.5, 0.6) is 0 Å². The number of carbonyl (C=O) groups is 2. The SMILES string of the molecule is Cc1ncc(C(=O)N2CCC3CC32C(=O)NC2CCC2)cn1. The molecule has 1 aromatic heterocycles. The van der Waals surface area contributed by atoms with Crippen molar-refractivity contribution in [3.05, 3.63) is 23.8 Å². The third-order valence-electron chi connectivity index (χ3n) is 5.36. The zero-order valence-electron chi connectivity index (χ0n) is 12.7. The van der Waals surface area contributed by atoms with E-state index in [2.05, 4.69) is 15.3 Å². The molecule has 116 valence electrons. The second-order valence-corrected chi connectivity index (χ2v) is 6.69. The number of hydrogen-bond donors (Lipinski definition) is 1. The number of nitrogens with one attached hydrogen (secondary N) is 1. The van der Waals surface area contributed by atoms with E-state index in [1.807, 2.05) is 0 Å². The summed E-state index contributed by atoms with van der Waals surface area (Å²) in [6.07, 6.45) is 8.12. The van der Waals surface area contributed by atoms with Gasteiger partial charge in [0.1, 0.15) is 11.4 Å². The highest BCUT2D eigenvalue weighted by Crippen LogP contribution is 2.56. The monoisotopic (exact) mass is 300 g/mol. The number of fused-ring (bicyclic) bond motifs is 1. The van der Waals surface area contributed by atoms with Gasteiger partial charge in [0.15, 0.2) is 0 Å². The van der Waals surface area contributed by atoms with Crippen LogP contribution in [0.3, 0.4) is 0 Å². The lowest BCUT2D eigenvalue weighted by Gasteiger charge is -2.32. The van der Waals surface area contributed by atoms with E-state index in [1.54, 1.807) is 24.2 Å². The molecule has 6 heteroatoms. The lowest BCUT2D eigenvalue weighted by atomic mass is 9.92. The number of hydrogen-bond acceptors (Lipinski definition) is 4. The van der Waals surface area contributed by atoms with Crippen LogP contribution in [0.1, 0.15) is 48.3 Å². The van der Waals surface area contributed by atoms with E-state index in [0.717, 1.165) is 25.7 Å². The van der Waals surface area contributed by atoms with Gasteiger partial charge >= 0.3 is 0 Å². The highest BCUT2D eigenvalue weighted by Gasteiger charge is 2.68. The zero-order valence-corrected chi connectivity index (χ0v) is 12.7. The molecule has 0 spiro atoms. The molecule has 0 radical (unpaired) electrons. The number of aryl methyl sites for hydroxylation is 1. The summed E-state index contributed by atoms with van der Waals surface area (Å²) in [5, 5.41) is 3.12. The van der Waals surface area contributed by atoms with Gasteiger partial charge in [0, 0.05) is 25.0 Å². The summed E-state index contributed by atoms with van der Waals surface area (Å²) in [5.41, 5.74) is -0.133. The molecule has 2 saturated carbocycles. The number of piperidine rings is 1. The molecular weight excluding hydrogens is 280 g/mol. The van der Waals surface area contributed by atoms with Gasteiger partial charge in [-0.2, -0.15) is 0 Å². The molecule has 2 amide bonds. The van der Waals surface area contributed by atoms with Crippen molar-refractivity contribution in [2.75, 3.05) is 6.54 Å². The van der Waals surface area contributed by atoms with Gasteiger partial charge in [0.05, 0.1) is 5.56 Å². The van der Waals surface area contributed by atoms with Crippen molar-refractivity contribution in [3.63, 3.8) is 0 Å². The highest BCUT2D eigenvalue weighted by molar-refractivity contribution is 6.01. The first-order valence-electron chi connectivity index (χ1n) is 8.03. The minimum Gasteiger partial charge on any atom is -0.351 e. The maximum absolute atomic E-state index is 12.7. The third kappa shape index (κ3) is 1.93. The number of likely N-dealkylation sites (tertiary alicyclic amines) is 1. The number of nitrogens with zero attached hydrogens (tertiary/aromatic N) is 3. The van der Waals surface area contributed by atoms with E-state index in [9.17, 15) is 9.59 Å². The van der Waals surface area contributed by atoms with Crippen molar-refractivity contribution in [1.82, 2.24) is 20.2 Å². The molecular formula is C16H20N4O2. The largest absolute Gasteiger partial charge is 0.351 e. The first-order valence-corrected chi connectivity index (χ1v) is 8.03. The quantitative estimate of drug-likeness (QED) is 0.905. The van der Waals surface area contributed by atoms with Crippen molar-refractivity contribution in [2.24, 2.45) is 5.92 Å². The minimum absolute atomic E-state index is 0.0427. The Balaban J connectivity index is 1.54. The van der Waals surface area contributed by atoms with Crippen LogP contribution < -0.4 is 5.32 Å². The number of amides is 2. The third-order valence-corrected chi connectivity index (χ3v) is 5.36. The molecule has 2 atom stereocenters. The molecule has 3 aliphatic rings. The number of rotatable bonds is 3. The fourth-order valence-electron chi connectivity index (χ4n) is 3.68.